The molecule has 0 bridgehead atoms. The highest BCUT2D eigenvalue weighted by molar-refractivity contribution is 7.26. The van der Waals surface area contributed by atoms with E-state index >= 15 is 0 Å². The largest absolute Gasteiger partial charge is 0.334 e. The highest BCUT2D eigenvalue weighted by atomic mass is 32.1. The Morgan fingerprint density at radius 2 is 1.38 bits per heavy atom. The average molecular weight is 621 g/mol. The molecule has 10 rings (SSSR count). The predicted molar refractivity (Wildman–Crippen MR) is 198 cm³/mol. The second-order valence-corrected chi connectivity index (χ2v) is 13.2. The minimum atomic E-state index is -0.106. The van der Waals surface area contributed by atoms with Crippen LogP contribution in [0.25, 0.3) is 59.1 Å². The van der Waals surface area contributed by atoms with Gasteiger partial charge in [0.25, 0.3) is 0 Å². The van der Waals surface area contributed by atoms with E-state index in [1.807, 2.05) is 11.3 Å². The summed E-state index contributed by atoms with van der Waals surface area (Å²) in [6.07, 6.45) is 8.47. The van der Waals surface area contributed by atoms with Crippen molar-refractivity contribution in [2.75, 3.05) is 4.90 Å². The second kappa shape index (κ2) is 10.4. The van der Waals surface area contributed by atoms with Crippen molar-refractivity contribution in [3.8, 4) is 16.9 Å². The second-order valence-electron chi connectivity index (χ2n) is 12.2. The van der Waals surface area contributed by atoms with Crippen molar-refractivity contribution in [2.45, 2.75) is 12.2 Å². The Morgan fingerprint density at radius 3 is 2.23 bits per heavy atom. The van der Waals surface area contributed by atoms with Crippen LogP contribution in [0.15, 0.2) is 163 Å². The number of pyridine rings is 1. The molecule has 4 heterocycles. The maximum absolute atomic E-state index is 5.35. The van der Waals surface area contributed by atoms with Gasteiger partial charge in [0.2, 0.25) is 0 Å². The van der Waals surface area contributed by atoms with Crippen molar-refractivity contribution in [2.24, 2.45) is 4.99 Å². The molecular weight excluding hydrogens is 593 g/mol. The van der Waals surface area contributed by atoms with Gasteiger partial charge in [0, 0.05) is 42.5 Å². The number of aromatic nitrogens is 2. The van der Waals surface area contributed by atoms with Gasteiger partial charge in [-0.3, -0.25) is 4.99 Å². The van der Waals surface area contributed by atoms with Crippen molar-refractivity contribution in [1.82, 2.24) is 9.55 Å². The van der Waals surface area contributed by atoms with E-state index in [0.717, 1.165) is 39.2 Å². The lowest BCUT2D eigenvalue weighted by molar-refractivity contribution is 0.696. The van der Waals surface area contributed by atoms with E-state index in [1.54, 1.807) is 0 Å². The summed E-state index contributed by atoms with van der Waals surface area (Å²) in [5, 5.41) is 3.79. The first-order chi connectivity index (χ1) is 23.3. The minimum Gasteiger partial charge on any atom is -0.334 e. The van der Waals surface area contributed by atoms with Crippen LogP contribution in [0.1, 0.15) is 11.7 Å². The first-order valence-electron chi connectivity index (χ1n) is 16.0. The number of benzene rings is 5. The molecule has 5 aromatic carbocycles. The number of thiophene rings is 1. The summed E-state index contributed by atoms with van der Waals surface area (Å²) in [7, 11) is 0. The summed E-state index contributed by atoms with van der Waals surface area (Å²) in [5.41, 5.74) is 9.94. The van der Waals surface area contributed by atoms with Gasteiger partial charge in [-0.15, -0.1) is 11.3 Å². The summed E-state index contributed by atoms with van der Waals surface area (Å²) < 4.78 is 4.96. The fourth-order valence-electron chi connectivity index (χ4n) is 7.35. The van der Waals surface area contributed by atoms with Crippen LogP contribution in [-0.2, 0) is 0 Å². The normalized spacial score (nSPS) is 17.3. The summed E-state index contributed by atoms with van der Waals surface area (Å²) in [5.74, 6) is 0. The highest BCUT2D eigenvalue weighted by Gasteiger charge is 2.35. The maximum atomic E-state index is 5.35. The van der Waals surface area contributed by atoms with E-state index in [1.165, 1.54) is 36.8 Å². The molecule has 0 fully saturated rings. The Labute approximate surface area is 275 Å². The maximum Gasteiger partial charge on any atom is 0.148 e. The van der Waals surface area contributed by atoms with Gasteiger partial charge in [-0.25, -0.2) is 4.98 Å². The lowest BCUT2D eigenvalue weighted by atomic mass is 10.0. The lowest BCUT2D eigenvalue weighted by Gasteiger charge is -2.31. The number of rotatable bonds is 4. The summed E-state index contributed by atoms with van der Waals surface area (Å²) in [4.78, 5) is 13.0. The van der Waals surface area contributed by atoms with Crippen molar-refractivity contribution in [3.63, 3.8) is 0 Å². The Kier molecular flexibility index (Phi) is 5.84. The fraction of sp³-hybridized carbons (Fsp3) is 0.0476. The average Bonchev–Trinajstić information content (AvgIpc) is 3.82. The van der Waals surface area contributed by atoms with Crippen LogP contribution in [0.4, 0.5) is 5.69 Å². The zero-order chi connectivity index (χ0) is 30.9. The van der Waals surface area contributed by atoms with Crippen molar-refractivity contribution < 1.29 is 0 Å². The molecular formula is C42H28N4S. The molecule has 0 amide bonds. The van der Waals surface area contributed by atoms with E-state index in [-0.39, 0.29) is 12.2 Å². The molecule has 0 saturated heterocycles. The molecule has 1 aliphatic heterocycles. The van der Waals surface area contributed by atoms with Crippen LogP contribution in [0.3, 0.4) is 0 Å². The summed E-state index contributed by atoms with van der Waals surface area (Å²) in [6, 6.07) is 47.8. The smallest absolute Gasteiger partial charge is 0.148 e. The standard InChI is InChI=1S/C42H28N4S/c1-3-11-27(12-4-1)33-24-26-37-40(43-33)39-36(25-23-32-31-15-7-10-18-38(31)47-41(32)39)45(37)30-21-19-28(20-22-30)42-44-34-16-8-9-17-35(34)46(42)29-13-5-2-6-14-29/h1-26,35,42H. The monoisotopic (exact) mass is 620 g/mol. The Bertz CT molecular complexity index is 2570. The van der Waals surface area contributed by atoms with Crippen LogP contribution in [0.2, 0.25) is 0 Å². The van der Waals surface area contributed by atoms with Gasteiger partial charge in [0.05, 0.1) is 34.0 Å². The quantitative estimate of drug-likeness (QED) is 0.196. The molecule has 222 valence electrons. The molecule has 47 heavy (non-hydrogen) atoms. The summed E-state index contributed by atoms with van der Waals surface area (Å²) in [6.45, 7) is 0. The van der Waals surface area contributed by atoms with Crippen molar-refractivity contribution >= 4 is 64.8 Å². The van der Waals surface area contributed by atoms with E-state index in [0.29, 0.717) is 0 Å². The molecule has 0 spiro atoms. The van der Waals surface area contributed by atoms with E-state index in [2.05, 4.69) is 167 Å². The SMILES string of the molecule is C1=CC2=NC(c3ccc(-n4c5ccc(-c6ccccc6)nc5c5c6sc7ccccc7c6ccc54)cc3)N(c3ccccc3)C2C=C1. The molecule has 2 unspecified atom stereocenters. The third-order valence-corrected chi connectivity index (χ3v) is 10.7. The molecule has 0 N–H and O–H groups in total. The Balaban J connectivity index is 1.16. The topological polar surface area (TPSA) is 33.4 Å². The number of nitrogens with zero attached hydrogens (tertiary/aromatic N) is 4. The van der Waals surface area contributed by atoms with Gasteiger partial charge >= 0.3 is 0 Å². The minimum absolute atomic E-state index is 0.106. The Morgan fingerprint density at radius 1 is 0.617 bits per heavy atom. The van der Waals surface area contributed by atoms with Crippen LogP contribution >= 0.6 is 11.3 Å². The zero-order valence-corrected chi connectivity index (χ0v) is 26.2. The van der Waals surface area contributed by atoms with Gasteiger partial charge in [0.1, 0.15) is 6.17 Å². The molecule has 0 saturated carbocycles. The lowest BCUT2D eigenvalue weighted by Crippen LogP contribution is -2.35. The predicted octanol–water partition coefficient (Wildman–Crippen LogP) is 10.7. The van der Waals surface area contributed by atoms with Crippen LogP contribution in [-0.4, -0.2) is 21.3 Å². The molecule has 5 heteroatoms. The molecule has 2 aliphatic rings. The number of hydrogen-bond donors (Lipinski definition) is 0. The number of allylic oxidation sites excluding steroid dienone is 2. The summed E-state index contributed by atoms with van der Waals surface area (Å²) >= 11 is 1.86. The third-order valence-electron chi connectivity index (χ3n) is 9.50. The number of fused-ring (bicyclic) bond motifs is 8. The first kappa shape index (κ1) is 26.4. The van der Waals surface area contributed by atoms with Crippen molar-refractivity contribution in [1.29, 1.82) is 0 Å². The van der Waals surface area contributed by atoms with E-state index in [4.69, 9.17) is 9.98 Å². The van der Waals surface area contributed by atoms with Crippen LogP contribution in [0.5, 0.6) is 0 Å². The fourth-order valence-corrected chi connectivity index (χ4v) is 8.60. The number of para-hydroxylation sites is 1. The van der Waals surface area contributed by atoms with Crippen LogP contribution in [0, 0.1) is 0 Å². The number of hydrogen-bond acceptors (Lipinski definition) is 4. The first-order valence-corrected chi connectivity index (χ1v) is 16.8. The van der Waals surface area contributed by atoms with E-state index in [9.17, 15) is 0 Å². The molecule has 3 aromatic heterocycles. The van der Waals surface area contributed by atoms with Crippen LogP contribution < -0.4 is 4.90 Å². The molecule has 4 nitrogen and oxygen atoms in total. The zero-order valence-electron chi connectivity index (χ0n) is 25.4. The number of aliphatic imine (C=N–C) groups is 1. The van der Waals surface area contributed by atoms with Gasteiger partial charge in [-0.1, -0.05) is 103 Å². The Hall–Kier alpha value is -5.78. The highest BCUT2D eigenvalue weighted by Crippen LogP contribution is 2.44. The van der Waals surface area contributed by atoms with E-state index < -0.39 is 0 Å². The molecule has 2 atom stereocenters. The molecule has 1 aliphatic carbocycles. The van der Waals surface area contributed by atoms with Gasteiger partial charge in [-0.05, 0) is 60.2 Å². The van der Waals surface area contributed by atoms with Gasteiger partial charge < -0.3 is 9.47 Å². The molecule has 8 aromatic rings. The van der Waals surface area contributed by atoms with Gasteiger partial charge in [0.15, 0.2) is 0 Å². The van der Waals surface area contributed by atoms with Gasteiger partial charge in [-0.2, -0.15) is 0 Å². The van der Waals surface area contributed by atoms with Crippen molar-refractivity contribution in [3.05, 3.63) is 163 Å². The third kappa shape index (κ3) is 4.07. The molecule has 0 radical (unpaired) electrons. The number of anilines is 1.